The predicted molar refractivity (Wildman–Crippen MR) is 69.4 cm³/mol. The van der Waals surface area contributed by atoms with Gasteiger partial charge in [0.1, 0.15) is 0 Å². The Morgan fingerprint density at radius 1 is 1.39 bits per heavy atom. The van der Waals surface area contributed by atoms with E-state index in [1.54, 1.807) is 13.8 Å². The van der Waals surface area contributed by atoms with Crippen molar-refractivity contribution in [3.8, 4) is 0 Å². The zero-order chi connectivity index (χ0) is 13.6. The lowest BCUT2D eigenvalue weighted by atomic mass is 9.94. The Labute approximate surface area is 108 Å². The van der Waals surface area contributed by atoms with Crippen molar-refractivity contribution in [2.75, 3.05) is 25.9 Å². The smallest absolute Gasteiger partial charge is 0.330 e. The first kappa shape index (κ1) is 15.6. The number of carbonyl (C=O) groups is 1. The number of hydrogen-bond acceptors (Lipinski definition) is 5. The molecule has 0 saturated carbocycles. The van der Waals surface area contributed by atoms with Gasteiger partial charge in [-0.15, -0.1) is 0 Å². The first-order valence-corrected chi connectivity index (χ1v) is 8.14. The van der Waals surface area contributed by atoms with Crippen molar-refractivity contribution in [1.29, 1.82) is 0 Å². The maximum atomic E-state index is 12.4. The van der Waals surface area contributed by atoms with Crippen LogP contribution in [0.4, 0.5) is 0 Å². The minimum atomic E-state index is -3.02. The molecule has 7 heteroatoms. The Balaban J connectivity index is 2.58. The fourth-order valence-corrected chi connectivity index (χ4v) is 4.27. The first-order chi connectivity index (χ1) is 8.50. The van der Waals surface area contributed by atoms with Crippen LogP contribution in [0.25, 0.3) is 0 Å². The zero-order valence-electron chi connectivity index (χ0n) is 11.1. The molecule has 1 aliphatic heterocycles. The second kappa shape index (κ2) is 7.24. The van der Waals surface area contributed by atoms with E-state index in [4.69, 9.17) is 14.8 Å². The molecule has 2 atom stereocenters. The summed E-state index contributed by atoms with van der Waals surface area (Å²) in [6.45, 7) is 5.01. The van der Waals surface area contributed by atoms with Crippen LogP contribution < -0.4 is 11.1 Å². The van der Waals surface area contributed by atoms with Crippen LogP contribution >= 0.6 is 7.60 Å². The van der Waals surface area contributed by atoms with Crippen LogP contribution in [0.3, 0.4) is 0 Å². The van der Waals surface area contributed by atoms with Gasteiger partial charge >= 0.3 is 7.60 Å². The Hall–Kier alpha value is -0.420. The maximum Gasteiger partial charge on any atom is 0.330 e. The summed E-state index contributed by atoms with van der Waals surface area (Å²) >= 11 is 0. The molecule has 1 aliphatic rings. The monoisotopic (exact) mass is 278 g/mol. The molecule has 1 saturated heterocycles. The number of amides is 1. The molecule has 0 aromatic rings. The van der Waals surface area contributed by atoms with Gasteiger partial charge in [-0.2, -0.15) is 0 Å². The van der Waals surface area contributed by atoms with Crippen LogP contribution in [0.2, 0.25) is 0 Å². The van der Waals surface area contributed by atoms with Gasteiger partial charge in [-0.25, -0.2) is 0 Å². The molecule has 0 aromatic carbocycles. The van der Waals surface area contributed by atoms with Gasteiger partial charge in [0.25, 0.3) is 0 Å². The summed E-state index contributed by atoms with van der Waals surface area (Å²) in [4.78, 5) is 11.1. The van der Waals surface area contributed by atoms with E-state index in [0.29, 0.717) is 32.3 Å². The normalized spacial score (nSPS) is 25.0. The van der Waals surface area contributed by atoms with Gasteiger partial charge in [0.15, 0.2) is 0 Å². The summed E-state index contributed by atoms with van der Waals surface area (Å²) < 4.78 is 22.9. The van der Waals surface area contributed by atoms with Crippen molar-refractivity contribution in [3.05, 3.63) is 0 Å². The molecule has 0 aliphatic carbocycles. The third-order valence-corrected chi connectivity index (χ3v) is 5.26. The number of primary amides is 1. The van der Waals surface area contributed by atoms with E-state index in [-0.39, 0.29) is 17.9 Å². The van der Waals surface area contributed by atoms with Crippen molar-refractivity contribution in [1.82, 2.24) is 5.32 Å². The molecule has 1 amide bonds. The molecule has 0 radical (unpaired) electrons. The minimum absolute atomic E-state index is 0.146. The van der Waals surface area contributed by atoms with E-state index < -0.39 is 7.60 Å². The van der Waals surface area contributed by atoms with Crippen molar-refractivity contribution in [3.63, 3.8) is 0 Å². The molecular weight excluding hydrogens is 255 g/mol. The average molecular weight is 278 g/mol. The predicted octanol–water partition coefficient (Wildman–Crippen LogP) is 1.11. The Bertz CT molecular complexity index is 314. The highest BCUT2D eigenvalue weighted by molar-refractivity contribution is 7.53. The fraction of sp³-hybridized carbons (Fsp3) is 0.909. The topological polar surface area (TPSA) is 90.6 Å². The molecule has 6 nitrogen and oxygen atoms in total. The van der Waals surface area contributed by atoms with Crippen molar-refractivity contribution >= 4 is 13.5 Å². The van der Waals surface area contributed by atoms with Gasteiger partial charge in [-0.05, 0) is 39.2 Å². The largest absolute Gasteiger partial charge is 0.368 e. The summed E-state index contributed by atoms with van der Waals surface area (Å²) in [6, 6.07) is -0.333. The van der Waals surface area contributed by atoms with Crippen LogP contribution in [-0.2, 0) is 18.4 Å². The van der Waals surface area contributed by atoms with Gasteiger partial charge in [0.05, 0.1) is 25.4 Å². The highest BCUT2D eigenvalue weighted by atomic mass is 31.2. The summed E-state index contributed by atoms with van der Waals surface area (Å²) in [5, 5.41) is 3.05. The minimum Gasteiger partial charge on any atom is -0.368 e. The van der Waals surface area contributed by atoms with Crippen LogP contribution in [-0.4, -0.2) is 37.9 Å². The highest BCUT2D eigenvalue weighted by Crippen LogP contribution is 2.50. The third-order valence-electron chi connectivity index (χ3n) is 2.99. The van der Waals surface area contributed by atoms with Crippen molar-refractivity contribution in [2.24, 2.45) is 11.7 Å². The quantitative estimate of drug-likeness (QED) is 0.681. The third kappa shape index (κ3) is 4.69. The van der Waals surface area contributed by atoms with Crippen LogP contribution in [0, 0.1) is 5.92 Å². The number of carbonyl (C=O) groups excluding carboxylic acids is 1. The average Bonchev–Trinajstić information content (AvgIpc) is 2.29. The number of piperidine rings is 1. The van der Waals surface area contributed by atoms with E-state index in [2.05, 4.69) is 5.32 Å². The lowest BCUT2D eigenvalue weighted by molar-refractivity contribution is -0.120. The number of nitrogens with two attached hydrogens (primary N) is 1. The van der Waals surface area contributed by atoms with E-state index in [1.165, 1.54) is 0 Å². The molecule has 106 valence electrons. The zero-order valence-corrected chi connectivity index (χ0v) is 11.9. The maximum absolute atomic E-state index is 12.4. The molecule has 1 fully saturated rings. The van der Waals surface area contributed by atoms with Gasteiger partial charge in [0, 0.05) is 0 Å². The molecule has 0 aromatic heterocycles. The van der Waals surface area contributed by atoms with E-state index in [9.17, 15) is 9.36 Å². The summed E-state index contributed by atoms with van der Waals surface area (Å²) in [7, 11) is -3.02. The Morgan fingerprint density at radius 2 is 2.00 bits per heavy atom. The molecule has 18 heavy (non-hydrogen) atoms. The molecular formula is C11H23N2O4P. The second-order valence-electron chi connectivity index (χ2n) is 4.43. The highest BCUT2D eigenvalue weighted by Gasteiger charge is 2.33. The molecule has 0 unspecified atom stereocenters. The fourth-order valence-electron chi connectivity index (χ4n) is 2.23. The van der Waals surface area contributed by atoms with E-state index >= 15 is 0 Å². The molecule has 0 bridgehead atoms. The first-order valence-electron chi connectivity index (χ1n) is 6.41. The van der Waals surface area contributed by atoms with Gasteiger partial charge < -0.3 is 20.1 Å². The standard InChI is InChI=1S/C11H23N2O4P/c1-3-16-18(15,17-4-2)8-9-5-6-13-10(7-9)11(12)14/h9-10,13H,3-8H2,1-2H3,(H2,12,14)/t9-,10+/m0/s1. The lowest BCUT2D eigenvalue weighted by Gasteiger charge is -2.30. The van der Waals surface area contributed by atoms with Crippen LogP contribution in [0.1, 0.15) is 26.7 Å². The summed E-state index contributed by atoms with van der Waals surface area (Å²) in [5.74, 6) is -0.213. The molecule has 3 N–H and O–H groups in total. The van der Waals surface area contributed by atoms with Gasteiger partial charge in [-0.3, -0.25) is 9.36 Å². The lowest BCUT2D eigenvalue weighted by Crippen LogP contribution is -2.47. The Morgan fingerprint density at radius 3 is 2.50 bits per heavy atom. The van der Waals surface area contributed by atoms with Crippen molar-refractivity contribution in [2.45, 2.75) is 32.7 Å². The SMILES string of the molecule is CCOP(=O)(C[C@H]1CCN[C@@H](C(N)=O)C1)OCC. The number of nitrogens with one attached hydrogen (secondary N) is 1. The molecule has 1 heterocycles. The van der Waals surface area contributed by atoms with E-state index in [1.807, 2.05) is 0 Å². The Kier molecular flexibility index (Phi) is 6.29. The van der Waals surface area contributed by atoms with Crippen molar-refractivity contribution < 1.29 is 18.4 Å². The molecule has 0 spiro atoms. The van der Waals surface area contributed by atoms with E-state index in [0.717, 1.165) is 6.42 Å². The van der Waals surface area contributed by atoms with Gasteiger partial charge in [0.2, 0.25) is 5.91 Å². The molecule has 1 rings (SSSR count). The van der Waals surface area contributed by atoms with Crippen LogP contribution in [0.15, 0.2) is 0 Å². The summed E-state index contributed by atoms with van der Waals surface area (Å²) in [6.07, 6.45) is 1.81. The van der Waals surface area contributed by atoms with Crippen LogP contribution in [0.5, 0.6) is 0 Å². The second-order valence-corrected chi connectivity index (χ2v) is 6.53. The number of rotatable bonds is 7. The number of hydrogen-bond donors (Lipinski definition) is 2. The van der Waals surface area contributed by atoms with Gasteiger partial charge in [-0.1, -0.05) is 0 Å². The summed E-state index contributed by atoms with van der Waals surface area (Å²) in [5.41, 5.74) is 5.28.